The normalized spacial score (nSPS) is 17.4. The number of nitrogens with one attached hydrogen (secondary N) is 1. The molecule has 0 aliphatic carbocycles. The zero-order valence-electron chi connectivity index (χ0n) is 20.4. The third-order valence-electron chi connectivity index (χ3n) is 6.08. The SMILES string of the molecule is CC(=O)SC[C@@H]1[C@H](NC(=O)Cc2ccccc2)C(=O)N1C(C(=O)OCc1ccccc1)c1ccccc1. The van der Waals surface area contributed by atoms with E-state index in [1.54, 1.807) is 24.3 Å². The minimum atomic E-state index is -1.00. The fraction of sp³-hybridized carbons (Fsp3) is 0.241. The lowest BCUT2D eigenvalue weighted by Crippen LogP contribution is -2.73. The number of amides is 2. The molecule has 3 aromatic rings. The molecule has 0 aromatic heterocycles. The highest BCUT2D eigenvalue weighted by Crippen LogP contribution is 2.35. The fourth-order valence-electron chi connectivity index (χ4n) is 4.28. The number of ether oxygens (including phenoxy) is 1. The van der Waals surface area contributed by atoms with Crippen molar-refractivity contribution in [2.45, 2.75) is 38.1 Å². The Hall–Kier alpha value is -3.91. The topological polar surface area (TPSA) is 92.8 Å². The van der Waals surface area contributed by atoms with Gasteiger partial charge in [-0.15, -0.1) is 0 Å². The third-order valence-corrected chi connectivity index (χ3v) is 7.00. The van der Waals surface area contributed by atoms with Crippen molar-refractivity contribution < 1.29 is 23.9 Å². The first-order valence-electron chi connectivity index (χ1n) is 12.0. The van der Waals surface area contributed by atoms with Crippen LogP contribution < -0.4 is 5.32 Å². The van der Waals surface area contributed by atoms with Gasteiger partial charge in [0.15, 0.2) is 11.2 Å². The van der Waals surface area contributed by atoms with E-state index in [9.17, 15) is 19.2 Å². The number of carbonyl (C=O) groups excluding carboxylic acids is 4. The van der Waals surface area contributed by atoms with Crippen molar-refractivity contribution in [3.8, 4) is 0 Å². The van der Waals surface area contributed by atoms with E-state index in [-0.39, 0.29) is 35.7 Å². The van der Waals surface area contributed by atoms with Crippen LogP contribution in [0.2, 0.25) is 0 Å². The largest absolute Gasteiger partial charge is 0.459 e. The summed E-state index contributed by atoms with van der Waals surface area (Å²) in [5, 5.41) is 2.70. The van der Waals surface area contributed by atoms with Gasteiger partial charge < -0.3 is 15.0 Å². The molecule has 1 heterocycles. The van der Waals surface area contributed by atoms with E-state index in [0.717, 1.165) is 22.9 Å². The summed E-state index contributed by atoms with van der Waals surface area (Å²) in [6.45, 7) is 1.51. The molecule has 190 valence electrons. The van der Waals surface area contributed by atoms with Gasteiger partial charge in [0.05, 0.1) is 12.5 Å². The van der Waals surface area contributed by atoms with Gasteiger partial charge in [0.1, 0.15) is 12.6 Å². The molecule has 1 unspecified atom stereocenters. The number of hydrogen-bond donors (Lipinski definition) is 1. The van der Waals surface area contributed by atoms with Crippen molar-refractivity contribution in [3.63, 3.8) is 0 Å². The van der Waals surface area contributed by atoms with Crippen molar-refractivity contribution in [1.29, 1.82) is 0 Å². The monoisotopic (exact) mass is 516 g/mol. The molecule has 1 N–H and O–H groups in total. The second-order valence-electron chi connectivity index (χ2n) is 8.73. The third kappa shape index (κ3) is 6.65. The zero-order chi connectivity index (χ0) is 26.2. The Morgan fingerprint density at radius 3 is 2.05 bits per heavy atom. The summed E-state index contributed by atoms with van der Waals surface area (Å²) in [5.74, 6) is -1.02. The molecule has 7 nitrogen and oxygen atoms in total. The standard InChI is InChI=1S/C29H28N2O5S/c1-20(32)37-19-24-26(30-25(33)17-21-11-5-2-6-12-21)28(34)31(24)27(23-15-9-4-10-16-23)29(35)36-18-22-13-7-3-8-14-22/h2-16,24,26-27H,17-19H2,1H3,(H,30,33)/t24-,26+,27?/m1/s1. The molecule has 1 aliphatic rings. The highest BCUT2D eigenvalue weighted by molar-refractivity contribution is 8.13. The molecule has 1 aliphatic heterocycles. The van der Waals surface area contributed by atoms with E-state index in [1.807, 2.05) is 66.7 Å². The maximum Gasteiger partial charge on any atom is 0.333 e. The molecule has 0 spiro atoms. The number of thioether (sulfide) groups is 1. The van der Waals surface area contributed by atoms with E-state index in [4.69, 9.17) is 4.74 Å². The summed E-state index contributed by atoms with van der Waals surface area (Å²) >= 11 is 1.05. The van der Waals surface area contributed by atoms with Crippen molar-refractivity contribution in [2.24, 2.45) is 0 Å². The highest BCUT2D eigenvalue weighted by Gasteiger charge is 2.53. The van der Waals surface area contributed by atoms with E-state index in [0.29, 0.717) is 5.56 Å². The Morgan fingerprint density at radius 1 is 0.892 bits per heavy atom. The molecule has 37 heavy (non-hydrogen) atoms. The minimum Gasteiger partial charge on any atom is -0.459 e. The Balaban J connectivity index is 1.54. The molecular weight excluding hydrogens is 488 g/mol. The van der Waals surface area contributed by atoms with Gasteiger partial charge in [0, 0.05) is 12.7 Å². The number of likely N-dealkylation sites (tertiary alicyclic amines) is 1. The van der Waals surface area contributed by atoms with Crippen molar-refractivity contribution >= 4 is 34.7 Å². The van der Waals surface area contributed by atoms with Crippen LogP contribution in [0.15, 0.2) is 91.0 Å². The van der Waals surface area contributed by atoms with Gasteiger partial charge in [-0.1, -0.05) is 103 Å². The molecule has 3 atom stereocenters. The molecule has 2 amide bonds. The minimum absolute atomic E-state index is 0.0646. The average Bonchev–Trinajstić information content (AvgIpc) is 2.91. The molecule has 1 fully saturated rings. The van der Waals surface area contributed by atoms with Crippen LogP contribution in [0.3, 0.4) is 0 Å². The first-order valence-corrected chi connectivity index (χ1v) is 13.0. The van der Waals surface area contributed by atoms with Crippen LogP contribution >= 0.6 is 11.8 Å². The Morgan fingerprint density at radius 2 is 1.46 bits per heavy atom. The van der Waals surface area contributed by atoms with Crippen molar-refractivity contribution in [3.05, 3.63) is 108 Å². The predicted octanol–water partition coefficient (Wildman–Crippen LogP) is 3.69. The second-order valence-corrected chi connectivity index (χ2v) is 9.93. The lowest BCUT2D eigenvalue weighted by atomic mass is 9.90. The quantitative estimate of drug-likeness (QED) is 0.326. The molecule has 8 heteroatoms. The summed E-state index contributed by atoms with van der Waals surface area (Å²) in [6.07, 6.45) is 0.123. The average molecular weight is 517 g/mol. The summed E-state index contributed by atoms with van der Waals surface area (Å²) in [7, 11) is 0. The number of β-lactam (4-membered cyclic amide) rings is 1. The lowest BCUT2D eigenvalue weighted by molar-refractivity contribution is -0.169. The first kappa shape index (κ1) is 26.2. The highest BCUT2D eigenvalue weighted by atomic mass is 32.2. The Labute approximate surface area is 220 Å². The predicted molar refractivity (Wildman–Crippen MR) is 141 cm³/mol. The van der Waals surface area contributed by atoms with E-state index in [2.05, 4.69) is 5.32 Å². The lowest BCUT2D eigenvalue weighted by Gasteiger charge is -2.50. The van der Waals surface area contributed by atoms with Gasteiger partial charge in [-0.05, 0) is 16.7 Å². The maximum absolute atomic E-state index is 13.4. The number of rotatable bonds is 10. The molecule has 3 aromatic carbocycles. The summed E-state index contributed by atoms with van der Waals surface area (Å²) in [5.41, 5.74) is 2.25. The van der Waals surface area contributed by atoms with Crippen LogP contribution in [0.25, 0.3) is 0 Å². The summed E-state index contributed by atoms with van der Waals surface area (Å²) in [4.78, 5) is 52.7. The Bertz CT molecular complexity index is 1240. The molecule has 0 radical (unpaired) electrons. The first-order chi connectivity index (χ1) is 17.9. The number of esters is 1. The van der Waals surface area contributed by atoms with Gasteiger partial charge in [-0.2, -0.15) is 0 Å². The van der Waals surface area contributed by atoms with Crippen molar-refractivity contribution in [1.82, 2.24) is 10.2 Å². The Kier molecular flexibility index (Phi) is 8.74. The van der Waals surface area contributed by atoms with Gasteiger partial charge in [-0.25, -0.2) is 4.79 Å². The van der Waals surface area contributed by atoms with Crippen LogP contribution in [-0.2, 0) is 36.9 Å². The van der Waals surface area contributed by atoms with Crippen LogP contribution in [0.1, 0.15) is 29.7 Å². The molecule has 0 bridgehead atoms. The summed E-state index contributed by atoms with van der Waals surface area (Å²) in [6, 6.07) is 25.0. The van der Waals surface area contributed by atoms with Crippen LogP contribution in [0.4, 0.5) is 0 Å². The van der Waals surface area contributed by atoms with Gasteiger partial charge in [-0.3, -0.25) is 14.4 Å². The second kappa shape index (κ2) is 12.4. The number of benzene rings is 3. The van der Waals surface area contributed by atoms with Gasteiger partial charge >= 0.3 is 5.97 Å². The summed E-state index contributed by atoms with van der Waals surface area (Å²) < 4.78 is 5.63. The zero-order valence-corrected chi connectivity index (χ0v) is 21.2. The van der Waals surface area contributed by atoms with E-state index in [1.165, 1.54) is 11.8 Å². The smallest absolute Gasteiger partial charge is 0.333 e. The number of carbonyl (C=O) groups is 4. The maximum atomic E-state index is 13.4. The van der Waals surface area contributed by atoms with Gasteiger partial charge in [0.2, 0.25) is 11.8 Å². The van der Waals surface area contributed by atoms with E-state index >= 15 is 0 Å². The molecule has 4 rings (SSSR count). The van der Waals surface area contributed by atoms with Crippen LogP contribution in [0.5, 0.6) is 0 Å². The van der Waals surface area contributed by atoms with Gasteiger partial charge in [0.25, 0.3) is 0 Å². The van der Waals surface area contributed by atoms with E-state index < -0.39 is 24.1 Å². The fourth-order valence-corrected chi connectivity index (χ4v) is 5.04. The van der Waals surface area contributed by atoms with Crippen molar-refractivity contribution in [2.75, 3.05) is 5.75 Å². The van der Waals surface area contributed by atoms with Crippen LogP contribution in [-0.4, -0.2) is 45.6 Å². The number of hydrogen-bond acceptors (Lipinski definition) is 6. The number of nitrogens with zero attached hydrogens (tertiary/aromatic N) is 1. The molecule has 0 saturated carbocycles. The molecule has 1 saturated heterocycles. The van der Waals surface area contributed by atoms with Crippen LogP contribution in [0, 0.1) is 0 Å². The molecular formula is C29H28N2O5S.